The van der Waals surface area contributed by atoms with Gasteiger partial charge in [0.15, 0.2) is 11.5 Å². The molecule has 154 valence electrons. The number of nitrogens with zero attached hydrogens (tertiary/aromatic N) is 1. The van der Waals surface area contributed by atoms with E-state index in [4.69, 9.17) is 9.47 Å². The van der Waals surface area contributed by atoms with Crippen LogP contribution in [0.1, 0.15) is 11.1 Å². The van der Waals surface area contributed by atoms with Gasteiger partial charge in [-0.15, -0.1) is 11.8 Å². The molecule has 0 saturated carbocycles. The van der Waals surface area contributed by atoms with Crippen LogP contribution >= 0.6 is 11.8 Å². The van der Waals surface area contributed by atoms with Gasteiger partial charge < -0.3 is 14.4 Å². The topological polar surface area (TPSA) is 38.8 Å². The second-order valence-corrected chi connectivity index (χ2v) is 8.10. The average molecular weight is 420 g/mol. The normalized spacial score (nSPS) is 13.2. The lowest BCUT2D eigenvalue weighted by molar-refractivity contribution is -0.131. The second-order valence-electron chi connectivity index (χ2n) is 7.22. The lowest BCUT2D eigenvalue weighted by Crippen LogP contribution is -2.33. The maximum atomic E-state index is 12.9. The molecule has 0 bridgehead atoms. The first-order chi connectivity index (χ1) is 14.7. The number of fused-ring (bicyclic) bond motifs is 1. The summed E-state index contributed by atoms with van der Waals surface area (Å²) in [5.74, 6) is 1.54. The van der Waals surface area contributed by atoms with Crippen molar-refractivity contribution in [3.8, 4) is 22.6 Å². The number of carbonyl (C=O) groups excluding carboxylic acids is 1. The van der Waals surface area contributed by atoms with Gasteiger partial charge in [0, 0.05) is 17.0 Å². The highest BCUT2D eigenvalue weighted by atomic mass is 32.2. The van der Waals surface area contributed by atoms with Gasteiger partial charge in [0.2, 0.25) is 5.91 Å². The van der Waals surface area contributed by atoms with Gasteiger partial charge in [0.25, 0.3) is 0 Å². The fourth-order valence-corrected chi connectivity index (χ4v) is 4.09. The Morgan fingerprint density at radius 2 is 1.83 bits per heavy atom. The summed E-state index contributed by atoms with van der Waals surface area (Å²) in [6, 6.07) is 22.4. The number of methoxy groups -OCH3 is 1. The molecule has 0 atom stereocenters. The summed E-state index contributed by atoms with van der Waals surface area (Å²) in [6.07, 6.45) is 2.46. The van der Waals surface area contributed by atoms with Gasteiger partial charge in [0.05, 0.1) is 20.1 Å². The zero-order chi connectivity index (χ0) is 20.9. The van der Waals surface area contributed by atoms with Crippen LogP contribution in [0.3, 0.4) is 0 Å². The molecule has 0 aromatic heterocycles. The van der Waals surface area contributed by atoms with Gasteiger partial charge >= 0.3 is 0 Å². The van der Waals surface area contributed by atoms with Crippen LogP contribution in [0.4, 0.5) is 0 Å². The molecule has 4 rings (SSSR count). The van der Waals surface area contributed by atoms with Crippen LogP contribution in [0, 0.1) is 0 Å². The predicted molar refractivity (Wildman–Crippen MR) is 121 cm³/mol. The fraction of sp³-hybridized carbons (Fsp3) is 0.240. The maximum absolute atomic E-state index is 12.9. The lowest BCUT2D eigenvalue weighted by atomic mass is 10.0. The number of benzene rings is 3. The smallest absolute Gasteiger partial charge is 0.227 e. The number of carbonyl (C=O) groups is 1. The number of ether oxygens (including phenoxy) is 2. The van der Waals surface area contributed by atoms with Gasteiger partial charge in [-0.3, -0.25) is 4.79 Å². The molecular weight excluding hydrogens is 394 g/mol. The van der Waals surface area contributed by atoms with E-state index in [0.717, 1.165) is 28.0 Å². The van der Waals surface area contributed by atoms with Crippen LogP contribution in [-0.2, 0) is 17.8 Å². The zero-order valence-corrected chi connectivity index (χ0v) is 18.1. The molecule has 3 aromatic carbocycles. The first-order valence-corrected chi connectivity index (χ1v) is 11.2. The van der Waals surface area contributed by atoms with Crippen LogP contribution in [-0.4, -0.2) is 37.3 Å². The predicted octanol–water partition coefficient (Wildman–Crippen LogP) is 5.05. The van der Waals surface area contributed by atoms with Gasteiger partial charge in [-0.2, -0.15) is 0 Å². The Bertz CT molecular complexity index is 1020. The van der Waals surface area contributed by atoms with E-state index in [1.54, 1.807) is 18.9 Å². The van der Waals surface area contributed by atoms with E-state index in [9.17, 15) is 4.79 Å². The van der Waals surface area contributed by atoms with Crippen molar-refractivity contribution in [3.63, 3.8) is 0 Å². The summed E-state index contributed by atoms with van der Waals surface area (Å²) in [6.45, 7) is 1.51. The van der Waals surface area contributed by atoms with E-state index in [1.807, 2.05) is 41.3 Å². The molecule has 0 saturated heterocycles. The summed E-state index contributed by atoms with van der Waals surface area (Å²) >= 11 is 1.72. The van der Waals surface area contributed by atoms with E-state index in [0.29, 0.717) is 31.9 Å². The van der Waals surface area contributed by atoms with Crippen molar-refractivity contribution in [2.24, 2.45) is 0 Å². The Kier molecular flexibility index (Phi) is 6.29. The minimum absolute atomic E-state index is 0.103. The molecule has 0 spiro atoms. The molecule has 5 heteroatoms. The van der Waals surface area contributed by atoms with E-state index in [-0.39, 0.29) is 5.91 Å². The number of amides is 1. The number of hydrogen-bond donors (Lipinski definition) is 0. The summed E-state index contributed by atoms with van der Waals surface area (Å²) in [7, 11) is 1.66. The highest BCUT2D eigenvalue weighted by Crippen LogP contribution is 2.38. The Labute approximate surface area is 181 Å². The quantitative estimate of drug-likeness (QED) is 0.543. The minimum atomic E-state index is 0.103. The number of thioether (sulfide) groups is 1. The fourth-order valence-electron chi connectivity index (χ4n) is 3.68. The first-order valence-electron chi connectivity index (χ1n) is 9.98. The van der Waals surface area contributed by atoms with Crippen molar-refractivity contribution in [1.29, 1.82) is 0 Å². The summed E-state index contributed by atoms with van der Waals surface area (Å²) in [5, 5.41) is 0. The number of rotatable bonds is 5. The van der Waals surface area contributed by atoms with Gasteiger partial charge in [-0.25, -0.2) is 0 Å². The van der Waals surface area contributed by atoms with E-state index in [1.165, 1.54) is 4.90 Å². The summed E-state index contributed by atoms with van der Waals surface area (Å²) < 4.78 is 11.6. The maximum Gasteiger partial charge on any atom is 0.227 e. The Hall–Kier alpha value is -2.92. The van der Waals surface area contributed by atoms with Crippen LogP contribution < -0.4 is 9.47 Å². The van der Waals surface area contributed by atoms with E-state index in [2.05, 4.69) is 36.6 Å². The zero-order valence-electron chi connectivity index (χ0n) is 17.3. The molecule has 0 N–H and O–H groups in total. The Balaban J connectivity index is 1.63. The third kappa shape index (κ3) is 4.46. The molecular formula is C25H25NO3S. The van der Waals surface area contributed by atoms with Crippen molar-refractivity contribution in [1.82, 2.24) is 4.90 Å². The summed E-state index contributed by atoms with van der Waals surface area (Å²) in [4.78, 5) is 16.0. The Morgan fingerprint density at radius 1 is 1.07 bits per heavy atom. The van der Waals surface area contributed by atoms with Gasteiger partial charge in [0.1, 0.15) is 6.61 Å². The van der Waals surface area contributed by atoms with Crippen molar-refractivity contribution in [2.45, 2.75) is 17.9 Å². The van der Waals surface area contributed by atoms with Crippen LogP contribution in [0.2, 0.25) is 0 Å². The van der Waals surface area contributed by atoms with E-state index < -0.39 is 0 Å². The molecule has 0 unspecified atom stereocenters. The molecule has 1 amide bonds. The van der Waals surface area contributed by atoms with Crippen molar-refractivity contribution >= 4 is 17.7 Å². The third-order valence-electron chi connectivity index (χ3n) is 5.29. The SMILES string of the molecule is COc1cc(-c2ccc(SC)cc2)cc2c1OCCN(C(=O)Cc1ccccc1)C2. The van der Waals surface area contributed by atoms with Crippen LogP contribution in [0.5, 0.6) is 11.5 Å². The minimum Gasteiger partial charge on any atom is -0.493 e. The molecule has 1 aliphatic heterocycles. The van der Waals surface area contributed by atoms with Gasteiger partial charge in [-0.1, -0.05) is 42.5 Å². The average Bonchev–Trinajstić information content (AvgIpc) is 3.02. The molecule has 4 nitrogen and oxygen atoms in total. The first kappa shape index (κ1) is 20.4. The highest BCUT2D eigenvalue weighted by Gasteiger charge is 2.23. The Morgan fingerprint density at radius 3 is 2.53 bits per heavy atom. The standard InChI is InChI=1S/C25H25NO3S/c1-28-23-16-20(19-8-10-22(30-2)11-9-19)15-21-17-26(12-13-29-25(21)23)24(27)14-18-6-4-3-5-7-18/h3-11,15-16H,12-14,17H2,1-2H3. The third-order valence-corrected chi connectivity index (χ3v) is 6.04. The monoisotopic (exact) mass is 419 g/mol. The van der Waals surface area contributed by atoms with Crippen LogP contribution in [0.15, 0.2) is 71.6 Å². The molecule has 1 aliphatic rings. The molecule has 3 aromatic rings. The van der Waals surface area contributed by atoms with E-state index >= 15 is 0 Å². The highest BCUT2D eigenvalue weighted by molar-refractivity contribution is 7.98. The van der Waals surface area contributed by atoms with Crippen molar-refractivity contribution < 1.29 is 14.3 Å². The van der Waals surface area contributed by atoms with Crippen molar-refractivity contribution in [3.05, 3.63) is 77.9 Å². The van der Waals surface area contributed by atoms with Crippen molar-refractivity contribution in [2.75, 3.05) is 26.5 Å². The summed E-state index contributed by atoms with van der Waals surface area (Å²) in [5.41, 5.74) is 4.16. The van der Waals surface area contributed by atoms with Gasteiger partial charge in [-0.05, 0) is 47.2 Å². The molecule has 0 fully saturated rings. The largest absolute Gasteiger partial charge is 0.493 e. The lowest BCUT2D eigenvalue weighted by Gasteiger charge is -2.20. The molecule has 0 aliphatic carbocycles. The molecule has 1 heterocycles. The van der Waals surface area contributed by atoms with Crippen LogP contribution in [0.25, 0.3) is 11.1 Å². The number of hydrogen-bond acceptors (Lipinski definition) is 4. The molecule has 30 heavy (non-hydrogen) atoms. The molecule has 0 radical (unpaired) electrons. The second kappa shape index (κ2) is 9.26.